The fraction of sp³-hybridized carbons (Fsp3) is 0.0625. The molecule has 2 aromatic carbocycles. The van der Waals surface area contributed by atoms with Crippen LogP contribution in [0.2, 0.25) is 0 Å². The summed E-state index contributed by atoms with van der Waals surface area (Å²) in [4.78, 5) is 24.4. The molecule has 0 radical (unpaired) electrons. The van der Waals surface area contributed by atoms with E-state index in [1.165, 1.54) is 7.05 Å². The van der Waals surface area contributed by atoms with E-state index in [0.717, 1.165) is 16.8 Å². The number of fused-ring (bicyclic) bond motifs is 1. The summed E-state index contributed by atoms with van der Waals surface area (Å²) in [5.41, 5.74) is -0.381. The van der Waals surface area contributed by atoms with E-state index in [1.54, 1.807) is 24.3 Å². The monoisotopic (exact) mass is 315 g/mol. The highest BCUT2D eigenvalue weighted by Gasteiger charge is 2.16. The lowest BCUT2D eigenvalue weighted by atomic mass is 10.1. The van der Waals surface area contributed by atoms with Crippen molar-refractivity contribution in [1.29, 1.82) is 0 Å². The summed E-state index contributed by atoms with van der Waals surface area (Å²) in [5.74, 6) is -2.28. The van der Waals surface area contributed by atoms with Crippen LogP contribution in [0.1, 0.15) is 10.5 Å². The molecule has 1 amide bonds. The van der Waals surface area contributed by atoms with Crippen LogP contribution in [-0.4, -0.2) is 15.7 Å². The number of anilines is 1. The zero-order valence-electron chi connectivity index (χ0n) is 12.0. The van der Waals surface area contributed by atoms with Gasteiger partial charge >= 0.3 is 0 Å². The van der Waals surface area contributed by atoms with E-state index in [9.17, 15) is 18.4 Å². The minimum absolute atomic E-state index is 0.00707. The molecule has 7 heteroatoms. The zero-order valence-corrected chi connectivity index (χ0v) is 12.0. The fourth-order valence-electron chi connectivity index (χ4n) is 2.28. The van der Waals surface area contributed by atoms with Crippen molar-refractivity contribution < 1.29 is 13.6 Å². The van der Waals surface area contributed by atoms with Crippen LogP contribution in [0.15, 0.2) is 47.3 Å². The molecule has 0 spiro atoms. The maximum absolute atomic E-state index is 13.2. The summed E-state index contributed by atoms with van der Waals surface area (Å²) in [5, 5.41) is 7.03. The van der Waals surface area contributed by atoms with Gasteiger partial charge in [-0.25, -0.2) is 13.5 Å². The van der Waals surface area contributed by atoms with E-state index in [0.29, 0.717) is 16.8 Å². The number of halogens is 2. The highest BCUT2D eigenvalue weighted by atomic mass is 19.1. The van der Waals surface area contributed by atoms with Crippen LogP contribution in [0.4, 0.5) is 14.5 Å². The predicted octanol–water partition coefficient (Wildman–Crippen LogP) is 2.46. The Morgan fingerprint density at radius 2 is 1.70 bits per heavy atom. The van der Waals surface area contributed by atoms with Crippen LogP contribution in [0, 0.1) is 11.6 Å². The van der Waals surface area contributed by atoms with Crippen molar-refractivity contribution in [2.45, 2.75) is 0 Å². The van der Waals surface area contributed by atoms with Gasteiger partial charge in [0.1, 0.15) is 11.6 Å². The number of aryl methyl sites for hydroxylation is 1. The largest absolute Gasteiger partial charge is 0.320 e. The molecule has 0 aliphatic carbocycles. The average Bonchev–Trinajstić information content (AvgIpc) is 2.49. The zero-order chi connectivity index (χ0) is 16.6. The molecular weight excluding hydrogens is 304 g/mol. The lowest BCUT2D eigenvalue weighted by Gasteiger charge is -2.09. The molecular formula is C16H11F2N3O2. The topological polar surface area (TPSA) is 64.0 Å². The van der Waals surface area contributed by atoms with Crippen LogP contribution in [0.3, 0.4) is 0 Å². The molecule has 5 nitrogen and oxygen atoms in total. The molecule has 0 atom stereocenters. The van der Waals surface area contributed by atoms with Gasteiger partial charge < -0.3 is 5.32 Å². The number of carbonyl (C=O) groups excluding carboxylic acids is 1. The number of hydrogen-bond donors (Lipinski definition) is 1. The molecule has 0 unspecified atom stereocenters. The Balaban J connectivity index is 2.08. The molecule has 116 valence electrons. The summed E-state index contributed by atoms with van der Waals surface area (Å²) >= 11 is 0. The van der Waals surface area contributed by atoms with Gasteiger partial charge in [0.2, 0.25) is 0 Å². The molecule has 0 saturated heterocycles. The Morgan fingerprint density at radius 3 is 2.35 bits per heavy atom. The van der Waals surface area contributed by atoms with Crippen LogP contribution < -0.4 is 10.9 Å². The molecule has 0 bridgehead atoms. The first-order valence-corrected chi connectivity index (χ1v) is 6.69. The number of aromatic nitrogens is 2. The van der Waals surface area contributed by atoms with Gasteiger partial charge in [-0.3, -0.25) is 9.59 Å². The van der Waals surface area contributed by atoms with E-state index in [4.69, 9.17) is 0 Å². The quantitative estimate of drug-likeness (QED) is 0.790. The van der Waals surface area contributed by atoms with Crippen molar-refractivity contribution in [2.75, 3.05) is 5.32 Å². The second kappa shape index (κ2) is 5.60. The standard InChI is InChI=1S/C16H11F2N3O2/c1-21-16(23)13-5-3-2-4-12(13)14(20-21)15(22)19-11-7-9(17)6-10(18)8-11/h2-8H,1H3,(H,19,22). The van der Waals surface area contributed by atoms with E-state index in [1.807, 2.05) is 0 Å². The maximum Gasteiger partial charge on any atom is 0.276 e. The van der Waals surface area contributed by atoms with Gasteiger partial charge in [0, 0.05) is 24.2 Å². The third-order valence-electron chi connectivity index (χ3n) is 3.29. The van der Waals surface area contributed by atoms with Crippen LogP contribution in [0.5, 0.6) is 0 Å². The third kappa shape index (κ3) is 2.80. The van der Waals surface area contributed by atoms with Gasteiger partial charge in [-0.15, -0.1) is 0 Å². The average molecular weight is 315 g/mol. The van der Waals surface area contributed by atoms with Gasteiger partial charge in [0.15, 0.2) is 5.69 Å². The van der Waals surface area contributed by atoms with Gasteiger partial charge in [0.25, 0.3) is 11.5 Å². The summed E-state index contributed by atoms with van der Waals surface area (Å²) in [6, 6.07) is 9.20. The molecule has 0 aliphatic rings. The van der Waals surface area contributed by atoms with Gasteiger partial charge in [-0.2, -0.15) is 5.10 Å². The number of amides is 1. The molecule has 1 aromatic heterocycles. The summed E-state index contributed by atoms with van der Waals surface area (Å²) < 4.78 is 27.4. The first-order chi connectivity index (χ1) is 11.0. The predicted molar refractivity (Wildman–Crippen MR) is 81.3 cm³/mol. The number of nitrogens with one attached hydrogen (secondary N) is 1. The lowest BCUT2D eigenvalue weighted by molar-refractivity contribution is 0.102. The van der Waals surface area contributed by atoms with E-state index in [2.05, 4.69) is 10.4 Å². The van der Waals surface area contributed by atoms with E-state index >= 15 is 0 Å². The van der Waals surface area contributed by atoms with Crippen LogP contribution in [-0.2, 0) is 7.05 Å². The van der Waals surface area contributed by atoms with Crippen molar-refractivity contribution in [3.8, 4) is 0 Å². The molecule has 1 heterocycles. The second-order valence-corrected chi connectivity index (χ2v) is 4.94. The van der Waals surface area contributed by atoms with Crippen molar-refractivity contribution in [3.05, 3.63) is 70.1 Å². The Morgan fingerprint density at radius 1 is 1.09 bits per heavy atom. The van der Waals surface area contributed by atoms with Crippen LogP contribution >= 0.6 is 0 Å². The van der Waals surface area contributed by atoms with Crippen molar-refractivity contribution in [1.82, 2.24) is 9.78 Å². The maximum atomic E-state index is 13.2. The number of rotatable bonds is 2. The summed E-state index contributed by atoms with van der Waals surface area (Å²) in [6.45, 7) is 0. The Labute approximate surface area is 129 Å². The van der Waals surface area contributed by atoms with Gasteiger partial charge in [-0.05, 0) is 18.2 Å². The van der Waals surface area contributed by atoms with Crippen molar-refractivity contribution >= 4 is 22.4 Å². The van der Waals surface area contributed by atoms with Gasteiger partial charge in [-0.1, -0.05) is 18.2 Å². The minimum atomic E-state index is -0.807. The Kier molecular flexibility index (Phi) is 3.61. The smallest absolute Gasteiger partial charge is 0.276 e. The Hall–Kier alpha value is -3.09. The van der Waals surface area contributed by atoms with Gasteiger partial charge in [0.05, 0.1) is 5.39 Å². The number of carbonyl (C=O) groups is 1. The number of benzene rings is 2. The van der Waals surface area contributed by atoms with E-state index in [-0.39, 0.29) is 16.9 Å². The minimum Gasteiger partial charge on any atom is -0.320 e. The number of nitrogens with zero attached hydrogens (tertiary/aromatic N) is 2. The second-order valence-electron chi connectivity index (χ2n) is 4.94. The van der Waals surface area contributed by atoms with Crippen molar-refractivity contribution in [3.63, 3.8) is 0 Å². The SMILES string of the molecule is Cn1nc(C(=O)Nc2cc(F)cc(F)c2)c2ccccc2c1=O. The fourth-order valence-corrected chi connectivity index (χ4v) is 2.28. The first kappa shape index (κ1) is 14.8. The normalized spacial score (nSPS) is 10.7. The molecule has 3 rings (SSSR count). The molecule has 0 aliphatic heterocycles. The van der Waals surface area contributed by atoms with Crippen LogP contribution in [0.25, 0.3) is 10.8 Å². The third-order valence-corrected chi connectivity index (χ3v) is 3.29. The Bertz CT molecular complexity index is 962. The molecule has 23 heavy (non-hydrogen) atoms. The highest BCUT2D eigenvalue weighted by molar-refractivity contribution is 6.11. The number of hydrogen-bond acceptors (Lipinski definition) is 3. The highest BCUT2D eigenvalue weighted by Crippen LogP contribution is 2.17. The first-order valence-electron chi connectivity index (χ1n) is 6.69. The summed E-state index contributed by atoms with van der Waals surface area (Å²) in [6.07, 6.45) is 0. The lowest BCUT2D eigenvalue weighted by Crippen LogP contribution is -2.25. The molecule has 3 aromatic rings. The summed E-state index contributed by atoms with van der Waals surface area (Å²) in [7, 11) is 1.42. The van der Waals surface area contributed by atoms with Crippen molar-refractivity contribution in [2.24, 2.45) is 7.05 Å². The molecule has 1 N–H and O–H groups in total. The molecule has 0 fully saturated rings. The van der Waals surface area contributed by atoms with E-state index < -0.39 is 17.5 Å². The molecule has 0 saturated carbocycles.